The lowest BCUT2D eigenvalue weighted by Gasteiger charge is -2.14. The van der Waals surface area contributed by atoms with E-state index < -0.39 is 6.10 Å². The second-order valence-electron chi connectivity index (χ2n) is 4.67. The number of halogens is 2. The van der Waals surface area contributed by atoms with E-state index in [-0.39, 0.29) is 0 Å². The van der Waals surface area contributed by atoms with E-state index in [2.05, 4.69) is 20.9 Å². The van der Waals surface area contributed by atoms with Gasteiger partial charge < -0.3 is 5.11 Å². The lowest BCUT2D eigenvalue weighted by atomic mass is 10.0. The van der Waals surface area contributed by atoms with Gasteiger partial charge in [0.05, 0.1) is 5.69 Å². The molecule has 0 bridgehead atoms. The van der Waals surface area contributed by atoms with Crippen molar-refractivity contribution in [3.05, 3.63) is 62.3 Å². The van der Waals surface area contributed by atoms with Gasteiger partial charge in [0.15, 0.2) is 0 Å². The van der Waals surface area contributed by atoms with Crippen LogP contribution in [0.1, 0.15) is 28.5 Å². The molecule has 0 fully saturated rings. The summed E-state index contributed by atoms with van der Waals surface area (Å²) in [6, 6.07) is 7.69. The molecule has 0 aliphatic rings. The van der Waals surface area contributed by atoms with Gasteiger partial charge in [-0.1, -0.05) is 39.7 Å². The molecule has 1 aromatic heterocycles. The van der Waals surface area contributed by atoms with Crippen LogP contribution in [0.3, 0.4) is 0 Å². The molecule has 1 atom stereocenters. The van der Waals surface area contributed by atoms with Crippen LogP contribution in [-0.4, -0.2) is 10.1 Å². The van der Waals surface area contributed by atoms with Crippen LogP contribution in [0.15, 0.2) is 34.9 Å². The Morgan fingerprint density at radius 1 is 1.32 bits per heavy atom. The number of rotatable bonds is 3. The maximum atomic E-state index is 10.3. The first kappa shape index (κ1) is 14.5. The molecule has 1 unspecified atom stereocenters. The van der Waals surface area contributed by atoms with Gasteiger partial charge >= 0.3 is 0 Å². The third-order valence-corrected chi connectivity index (χ3v) is 3.84. The van der Waals surface area contributed by atoms with Crippen molar-refractivity contribution in [1.82, 2.24) is 4.98 Å². The van der Waals surface area contributed by atoms with Gasteiger partial charge in [0.1, 0.15) is 6.10 Å². The van der Waals surface area contributed by atoms with Crippen LogP contribution in [0.25, 0.3) is 0 Å². The van der Waals surface area contributed by atoms with Gasteiger partial charge in [-0.25, -0.2) is 0 Å². The van der Waals surface area contributed by atoms with Crippen molar-refractivity contribution in [2.75, 3.05) is 0 Å². The zero-order valence-electron chi connectivity index (χ0n) is 10.8. The molecular formula is C15H15BrClNO. The van der Waals surface area contributed by atoms with Gasteiger partial charge in [-0.05, 0) is 42.7 Å². The highest BCUT2D eigenvalue weighted by Gasteiger charge is 2.14. The van der Waals surface area contributed by atoms with E-state index in [4.69, 9.17) is 11.6 Å². The molecular weight excluding hydrogens is 326 g/mol. The maximum absolute atomic E-state index is 10.3. The van der Waals surface area contributed by atoms with Crippen LogP contribution in [0.5, 0.6) is 0 Å². The average molecular weight is 341 g/mol. The van der Waals surface area contributed by atoms with Crippen molar-refractivity contribution in [3.63, 3.8) is 0 Å². The predicted octanol–water partition coefficient (Wildman–Crippen LogP) is 4.39. The van der Waals surface area contributed by atoms with Crippen LogP contribution in [0, 0.1) is 13.8 Å². The molecule has 0 aliphatic heterocycles. The summed E-state index contributed by atoms with van der Waals surface area (Å²) >= 11 is 9.53. The summed E-state index contributed by atoms with van der Waals surface area (Å²) in [6.45, 7) is 3.95. The van der Waals surface area contributed by atoms with Crippen LogP contribution in [0.2, 0.25) is 5.02 Å². The molecule has 2 nitrogen and oxygen atoms in total. The Hall–Kier alpha value is -0.900. The standard InChI is InChI=1S/C15H15BrClNO/c1-9-5-10(2)15(18-8-9)14(19)6-11-3-4-12(16)7-13(11)17/h3-5,7-8,14,19H,6H2,1-2H3. The summed E-state index contributed by atoms with van der Waals surface area (Å²) in [5.41, 5.74) is 3.72. The number of nitrogens with zero attached hydrogens (tertiary/aromatic N) is 1. The maximum Gasteiger partial charge on any atom is 0.100 e. The number of aromatic nitrogens is 1. The summed E-state index contributed by atoms with van der Waals surface area (Å²) in [6.07, 6.45) is 1.59. The number of aryl methyl sites for hydroxylation is 2. The molecule has 0 saturated carbocycles. The zero-order valence-corrected chi connectivity index (χ0v) is 13.2. The molecule has 0 amide bonds. The minimum Gasteiger partial charge on any atom is -0.386 e. The van der Waals surface area contributed by atoms with Gasteiger partial charge in [0.25, 0.3) is 0 Å². The predicted molar refractivity (Wildman–Crippen MR) is 81.5 cm³/mol. The molecule has 0 saturated heterocycles. The molecule has 0 aliphatic carbocycles. The highest BCUT2D eigenvalue weighted by Crippen LogP contribution is 2.26. The molecule has 19 heavy (non-hydrogen) atoms. The number of pyridine rings is 1. The van der Waals surface area contributed by atoms with Crippen LogP contribution < -0.4 is 0 Å². The van der Waals surface area contributed by atoms with Gasteiger partial charge in [-0.2, -0.15) is 0 Å². The average Bonchev–Trinajstić information content (AvgIpc) is 2.32. The van der Waals surface area contributed by atoms with Crippen molar-refractivity contribution in [1.29, 1.82) is 0 Å². The summed E-state index contributed by atoms with van der Waals surface area (Å²) in [5.74, 6) is 0. The number of hydrogen-bond acceptors (Lipinski definition) is 2. The molecule has 0 radical (unpaired) electrons. The second-order valence-corrected chi connectivity index (χ2v) is 5.99. The topological polar surface area (TPSA) is 33.1 Å². The van der Waals surface area contributed by atoms with E-state index >= 15 is 0 Å². The molecule has 1 heterocycles. The monoisotopic (exact) mass is 339 g/mol. The Balaban J connectivity index is 2.23. The molecule has 100 valence electrons. The smallest absolute Gasteiger partial charge is 0.100 e. The van der Waals surface area contributed by atoms with Crippen molar-refractivity contribution in [2.24, 2.45) is 0 Å². The second kappa shape index (κ2) is 6.04. The first-order valence-corrected chi connectivity index (χ1v) is 7.19. The summed E-state index contributed by atoms with van der Waals surface area (Å²) in [5, 5.41) is 11.0. The number of hydrogen-bond donors (Lipinski definition) is 1. The number of aliphatic hydroxyl groups excluding tert-OH is 1. The fourth-order valence-electron chi connectivity index (χ4n) is 2.07. The van der Waals surface area contributed by atoms with Gasteiger partial charge in [-0.15, -0.1) is 0 Å². The Morgan fingerprint density at radius 3 is 2.68 bits per heavy atom. The lowest BCUT2D eigenvalue weighted by molar-refractivity contribution is 0.173. The van der Waals surface area contributed by atoms with Gasteiger partial charge in [0, 0.05) is 22.1 Å². The highest BCUT2D eigenvalue weighted by molar-refractivity contribution is 9.10. The summed E-state index contributed by atoms with van der Waals surface area (Å²) < 4.78 is 0.931. The summed E-state index contributed by atoms with van der Waals surface area (Å²) in [4.78, 5) is 4.32. The largest absolute Gasteiger partial charge is 0.386 e. The molecule has 1 aromatic carbocycles. The van der Waals surface area contributed by atoms with E-state index in [0.29, 0.717) is 17.1 Å². The first-order chi connectivity index (χ1) is 8.97. The van der Waals surface area contributed by atoms with Crippen molar-refractivity contribution in [2.45, 2.75) is 26.4 Å². The van der Waals surface area contributed by atoms with Crippen molar-refractivity contribution < 1.29 is 5.11 Å². The van der Waals surface area contributed by atoms with Crippen molar-refractivity contribution in [3.8, 4) is 0 Å². The van der Waals surface area contributed by atoms with Crippen LogP contribution in [-0.2, 0) is 6.42 Å². The molecule has 2 aromatic rings. The molecule has 2 rings (SSSR count). The lowest BCUT2D eigenvalue weighted by Crippen LogP contribution is -2.07. The Morgan fingerprint density at radius 2 is 2.05 bits per heavy atom. The van der Waals surface area contributed by atoms with E-state index in [0.717, 1.165) is 21.2 Å². The number of benzene rings is 1. The van der Waals surface area contributed by atoms with E-state index in [1.807, 2.05) is 38.1 Å². The van der Waals surface area contributed by atoms with Crippen LogP contribution in [0.4, 0.5) is 0 Å². The number of aliphatic hydroxyl groups is 1. The van der Waals surface area contributed by atoms with Gasteiger partial charge in [0.2, 0.25) is 0 Å². The fourth-order valence-corrected chi connectivity index (χ4v) is 2.82. The molecule has 0 spiro atoms. The Kier molecular flexibility index (Phi) is 4.61. The Labute approximate surface area is 126 Å². The molecule has 4 heteroatoms. The van der Waals surface area contributed by atoms with E-state index in [1.165, 1.54) is 0 Å². The summed E-state index contributed by atoms with van der Waals surface area (Å²) in [7, 11) is 0. The SMILES string of the molecule is Cc1cnc(C(O)Cc2ccc(Br)cc2Cl)c(C)c1. The highest BCUT2D eigenvalue weighted by atomic mass is 79.9. The minimum absolute atomic E-state index is 0.461. The van der Waals surface area contributed by atoms with E-state index in [1.54, 1.807) is 6.20 Å². The van der Waals surface area contributed by atoms with E-state index in [9.17, 15) is 5.11 Å². The molecule has 1 N–H and O–H groups in total. The minimum atomic E-state index is -0.640. The third kappa shape index (κ3) is 3.56. The zero-order chi connectivity index (χ0) is 14.0. The van der Waals surface area contributed by atoms with Crippen LogP contribution >= 0.6 is 27.5 Å². The quantitative estimate of drug-likeness (QED) is 0.899. The Bertz CT molecular complexity index is 601. The van der Waals surface area contributed by atoms with Crippen molar-refractivity contribution >= 4 is 27.5 Å². The third-order valence-electron chi connectivity index (χ3n) is 3.00. The first-order valence-electron chi connectivity index (χ1n) is 6.02. The normalized spacial score (nSPS) is 12.5. The van der Waals surface area contributed by atoms with Gasteiger partial charge in [-0.3, -0.25) is 4.98 Å². The fraction of sp³-hybridized carbons (Fsp3) is 0.267.